The average Bonchev–Trinajstić information content (AvgIpc) is 2.93. The van der Waals surface area contributed by atoms with Crippen LogP contribution in [0.25, 0.3) is 0 Å². The molecule has 3 rings (SSSR count). The quantitative estimate of drug-likeness (QED) is 0.851. The third kappa shape index (κ3) is 3.88. The first-order valence-corrected chi connectivity index (χ1v) is 9.11. The number of rotatable bonds is 5. The average molecular weight is 364 g/mol. The van der Waals surface area contributed by atoms with Crippen molar-refractivity contribution in [3.8, 4) is 0 Å². The molecule has 3 heterocycles. The van der Waals surface area contributed by atoms with Crippen LogP contribution in [0.5, 0.6) is 0 Å². The molecule has 2 N–H and O–H groups in total. The lowest BCUT2D eigenvalue weighted by Crippen LogP contribution is -2.48. The van der Waals surface area contributed by atoms with Crippen molar-refractivity contribution >= 4 is 29.2 Å². The third-order valence-corrected chi connectivity index (χ3v) is 5.27. The molecule has 7 nitrogen and oxygen atoms in total. The van der Waals surface area contributed by atoms with E-state index in [0.29, 0.717) is 22.9 Å². The van der Waals surface area contributed by atoms with Gasteiger partial charge in [0.2, 0.25) is 5.95 Å². The zero-order valence-electron chi connectivity index (χ0n) is 15.3. The Morgan fingerprint density at radius 2 is 2.28 bits per heavy atom. The molecule has 1 saturated heterocycles. The van der Waals surface area contributed by atoms with Gasteiger partial charge in [-0.3, -0.25) is 4.68 Å². The molecular formula is C17H26ClN7. The summed E-state index contributed by atoms with van der Waals surface area (Å²) in [5.74, 6) is 2.58. The van der Waals surface area contributed by atoms with E-state index in [4.69, 9.17) is 11.6 Å². The van der Waals surface area contributed by atoms with Gasteiger partial charge in [-0.25, -0.2) is 4.98 Å². The minimum absolute atomic E-state index is 0.420. The van der Waals surface area contributed by atoms with Crippen LogP contribution in [-0.2, 0) is 7.05 Å². The number of hydrogen-bond acceptors (Lipinski definition) is 6. The number of nitrogens with zero attached hydrogens (tertiary/aromatic N) is 5. The largest absolute Gasteiger partial charge is 0.355 e. The molecule has 0 bridgehead atoms. The Morgan fingerprint density at radius 1 is 1.48 bits per heavy atom. The highest BCUT2D eigenvalue weighted by Gasteiger charge is 2.29. The number of aryl methyl sites for hydroxylation is 2. The van der Waals surface area contributed by atoms with Crippen LogP contribution < -0.4 is 15.5 Å². The first kappa shape index (κ1) is 17.9. The molecule has 0 aliphatic carbocycles. The highest BCUT2D eigenvalue weighted by Crippen LogP contribution is 2.30. The van der Waals surface area contributed by atoms with Crippen LogP contribution in [0.3, 0.4) is 0 Å². The van der Waals surface area contributed by atoms with Crippen LogP contribution in [0.1, 0.15) is 25.5 Å². The molecule has 8 heteroatoms. The maximum absolute atomic E-state index is 6.40. The summed E-state index contributed by atoms with van der Waals surface area (Å²) in [5, 5.41) is 11.6. The summed E-state index contributed by atoms with van der Waals surface area (Å²) in [4.78, 5) is 11.2. The molecule has 2 aromatic rings. The topological polar surface area (TPSA) is 70.9 Å². The molecule has 0 spiro atoms. The molecule has 0 amide bonds. The van der Waals surface area contributed by atoms with E-state index in [1.54, 1.807) is 6.20 Å². The lowest BCUT2D eigenvalue weighted by molar-refractivity contribution is 0.309. The van der Waals surface area contributed by atoms with Crippen molar-refractivity contribution < 1.29 is 0 Å². The summed E-state index contributed by atoms with van der Waals surface area (Å²) in [7, 11) is 3.98. The lowest BCUT2D eigenvalue weighted by Gasteiger charge is -2.39. The summed E-state index contributed by atoms with van der Waals surface area (Å²) >= 11 is 6.40. The van der Waals surface area contributed by atoms with E-state index < -0.39 is 0 Å². The van der Waals surface area contributed by atoms with Crippen molar-refractivity contribution in [2.75, 3.05) is 30.4 Å². The van der Waals surface area contributed by atoms with Gasteiger partial charge in [0, 0.05) is 31.9 Å². The van der Waals surface area contributed by atoms with Crippen molar-refractivity contribution in [1.29, 1.82) is 0 Å². The van der Waals surface area contributed by atoms with E-state index >= 15 is 0 Å². The fraction of sp³-hybridized carbons (Fsp3) is 0.588. The standard InChI is InChI=1S/C17H26ClN7/c1-5-12-9-19-7-6-14(12)24(3)16-13(18)10-20-17(22-16)21-15-8-11(2)25(4)23-15/h8,10,12,14,19H,5-7,9H2,1-4H3,(H,20,21,22,23). The number of halogens is 1. The van der Waals surface area contributed by atoms with Gasteiger partial charge in [-0.15, -0.1) is 0 Å². The Labute approximate surface area is 153 Å². The van der Waals surface area contributed by atoms with Gasteiger partial charge in [0.05, 0.1) is 6.20 Å². The number of aromatic nitrogens is 4. The summed E-state index contributed by atoms with van der Waals surface area (Å²) in [6, 6.07) is 2.38. The van der Waals surface area contributed by atoms with Crippen molar-refractivity contribution in [1.82, 2.24) is 25.1 Å². The minimum atomic E-state index is 0.420. The molecule has 0 aromatic carbocycles. The van der Waals surface area contributed by atoms with E-state index in [9.17, 15) is 0 Å². The maximum atomic E-state index is 6.40. The van der Waals surface area contributed by atoms with E-state index in [0.717, 1.165) is 43.3 Å². The zero-order valence-corrected chi connectivity index (χ0v) is 16.0. The predicted octanol–water partition coefficient (Wildman–Crippen LogP) is 2.74. The summed E-state index contributed by atoms with van der Waals surface area (Å²) in [6.45, 7) is 6.29. The van der Waals surface area contributed by atoms with Gasteiger partial charge in [-0.05, 0) is 32.4 Å². The number of nitrogens with one attached hydrogen (secondary N) is 2. The SMILES string of the molecule is CCC1CNCCC1N(C)c1nc(Nc2cc(C)n(C)n2)ncc1Cl. The van der Waals surface area contributed by atoms with Gasteiger partial charge < -0.3 is 15.5 Å². The second-order valence-corrected chi connectivity index (χ2v) is 7.03. The summed E-state index contributed by atoms with van der Waals surface area (Å²) < 4.78 is 1.81. The monoisotopic (exact) mass is 363 g/mol. The predicted molar refractivity (Wildman–Crippen MR) is 102 cm³/mol. The lowest BCUT2D eigenvalue weighted by atomic mass is 9.90. The van der Waals surface area contributed by atoms with Crippen LogP contribution in [0, 0.1) is 12.8 Å². The van der Waals surface area contributed by atoms with Crippen molar-refractivity contribution in [3.05, 3.63) is 23.0 Å². The van der Waals surface area contributed by atoms with Gasteiger partial charge in [0.1, 0.15) is 5.02 Å². The van der Waals surface area contributed by atoms with Gasteiger partial charge in [0.15, 0.2) is 11.6 Å². The summed E-state index contributed by atoms with van der Waals surface area (Å²) in [6.07, 6.45) is 3.86. The molecule has 1 fully saturated rings. The Bertz CT molecular complexity index is 710. The second kappa shape index (κ2) is 7.58. The summed E-state index contributed by atoms with van der Waals surface area (Å²) in [5.41, 5.74) is 1.06. The van der Waals surface area contributed by atoms with E-state index in [1.807, 2.05) is 24.7 Å². The van der Waals surface area contributed by atoms with Crippen molar-refractivity contribution in [3.63, 3.8) is 0 Å². The van der Waals surface area contributed by atoms with Gasteiger partial charge in [0.25, 0.3) is 0 Å². The smallest absolute Gasteiger partial charge is 0.230 e. The molecule has 1 aliphatic heterocycles. The van der Waals surface area contributed by atoms with Crippen LogP contribution >= 0.6 is 11.6 Å². The van der Waals surface area contributed by atoms with E-state index in [1.165, 1.54) is 0 Å². The maximum Gasteiger partial charge on any atom is 0.230 e. The van der Waals surface area contributed by atoms with Crippen LogP contribution in [0.2, 0.25) is 5.02 Å². The molecule has 0 radical (unpaired) electrons. The molecule has 25 heavy (non-hydrogen) atoms. The first-order chi connectivity index (χ1) is 12.0. The molecule has 2 aromatic heterocycles. The highest BCUT2D eigenvalue weighted by atomic mass is 35.5. The molecule has 2 unspecified atom stereocenters. The van der Waals surface area contributed by atoms with Gasteiger partial charge >= 0.3 is 0 Å². The molecule has 136 valence electrons. The number of piperidine rings is 1. The Hall–Kier alpha value is -1.86. The normalized spacial score (nSPS) is 20.5. The van der Waals surface area contributed by atoms with E-state index in [-0.39, 0.29) is 0 Å². The van der Waals surface area contributed by atoms with Crippen LogP contribution in [0.15, 0.2) is 12.3 Å². The van der Waals surface area contributed by atoms with Crippen molar-refractivity contribution in [2.24, 2.45) is 13.0 Å². The van der Waals surface area contributed by atoms with Gasteiger partial charge in [-0.1, -0.05) is 24.9 Å². The Balaban J connectivity index is 1.83. The van der Waals surface area contributed by atoms with E-state index in [2.05, 4.69) is 44.6 Å². The van der Waals surface area contributed by atoms with Gasteiger partial charge in [-0.2, -0.15) is 10.1 Å². The van der Waals surface area contributed by atoms with Crippen LogP contribution in [-0.4, -0.2) is 45.9 Å². The fourth-order valence-corrected chi connectivity index (χ4v) is 3.62. The van der Waals surface area contributed by atoms with Crippen molar-refractivity contribution in [2.45, 2.75) is 32.7 Å². The highest BCUT2D eigenvalue weighted by molar-refractivity contribution is 6.32. The Kier molecular flexibility index (Phi) is 5.44. The zero-order chi connectivity index (χ0) is 18.0. The third-order valence-electron chi connectivity index (χ3n) is 5.00. The molecule has 2 atom stereocenters. The molecular weight excluding hydrogens is 338 g/mol. The van der Waals surface area contributed by atoms with Crippen LogP contribution in [0.4, 0.5) is 17.6 Å². The first-order valence-electron chi connectivity index (χ1n) is 8.73. The number of hydrogen-bond donors (Lipinski definition) is 2. The molecule has 0 saturated carbocycles. The molecule has 1 aliphatic rings. The Morgan fingerprint density at radius 3 is 2.96 bits per heavy atom. The minimum Gasteiger partial charge on any atom is -0.355 e. The fourth-order valence-electron chi connectivity index (χ4n) is 3.39. The second-order valence-electron chi connectivity index (χ2n) is 6.62. The number of anilines is 3.